The standard InChI is InChI=1S/C91H60N2O/c1-5-23-61(24-6-1)65-45-50-71(51-46-65)92(73-33-19-31-67(55-73)63-27-9-3-10-28-63)75-57-70(58-76(60-75)93(72-52-47-66(48-53-72)62-25-7-2-8-26-62)74-34-20-32-68(56-74)64-29-11-4-12-30-64)77-38-22-43-86-89(77)83-37-14-17-42-85(83)91(86)84-41-16-13-35-79(84)80-54-49-69(59-87(80)91)78-39-21-40-82-81-36-15-18-44-88(81)94-90(78)82/h1-60H. The van der Waals surface area contributed by atoms with Crippen LogP contribution in [0.25, 0.3) is 111 Å². The van der Waals surface area contributed by atoms with Gasteiger partial charge in [0.1, 0.15) is 11.2 Å². The quantitative estimate of drug-likeness (QED) is 0.122. The van der Waals surface area contributed by atoms with E-state index in [1.165, 1.54) is 55.6 Å². The number of rotatable bonds is 12. The number of hydrogen-bond acceptors (Lipinski definition) is 3. The highest BCUT2D eigenvalue weighted by atomic mass is 16.3. The number of benzene rings is 15. The molecule has 1 spiro atoms. The van der Waals surface area contributed by atoms with Crippen LogP contribution in [-0.4, -0.2) is 0 Å². The first-order valence-corrected chi connectivity index (χ1v) is 32.4. The predicted octanol–water partition coefficient (Wildman–Crippen LogP) is 24.9. The molecule has 0 amide bonds. The lowest BCUT2D eigenvalue weighted by atomic mass is 9.70. The summed E-state index contributed by atoms with van der Waals surface area (Å²) in [5.74, 6) is 0. The van der Waals surface area contributed by atoms with Crippen LogP contribution in [0, 0.1) is 0 Å². The minimum absolute atomic E-state index is 0.652. The van der Waals surface area contributed by atoms with Crippen molar-refractivity contribution in [2.24, 2.45) is 0 Å². The molecule has 1 heterocycles. The zero-order chi connectivity index (χ0) is 62.1. The Bertz CT molecular complexity index is 5350. The van der Waals surface area contributed by atoms with E-state index in [9.17, 15) is 0 Å². The molecular formula is C91H60N2O. The smallest absolute Gasteiger partial charge is 0.143 e. The molecule has 1 atom stereocenters. The fraction of sp³-hybridized carbons (Fsp3) is 0.0110. The van der Waals surface area contributed by atoms with E-state index in [-0.39, 0.29) is 0 Å². The number of para-hydroxylation sites is 2. The largest absolute Gasteiger partial charge is 0.455 e. The van der Waals surface area contributed by atoms with Gasteiger partial charge in [-0.2, -0.15) is 0 Å². The van der Waals surface area contributed by atoms with Crippen LogP contribution in [-0.2, 0) is 5.41 Å². The molecule has 1 unspecified atom stereocenters. The number of hydrogen-bond donors (Lipinski definition) is 0. The molecule has 0 aliphatic heterocycles. The molecule has 0 N–H and O–H groups in total. The van der Waals surface area contributed by atoms with Crippen molar-refractivity contribution < 1.29 is 4.42 Å². The molecule has 0 radical (unpaired) electrons. The SMILES string of the molecule is c1ccc(-c2ccc(N(c3cccc(-c4ccccc4)c3)c3cc(-c4cccc5c4-c4ccccc4C54c5ccccc5-c5ccc(-c6cccc7c6oc6ccccc67)cc54)cc(N(c4ccc(-c5ccccc5)cc4)c4cccc(-c5ccccc5)c4)c3)cc2)cc1. The summed E-state index contributed by atoms with van der Waals surface area (Å²) in [6.07, 6.45) is 0. The minimum atomic E-state index is -0.652. The van der Waals surface area contributed by atoms with Gasteiger partial charge in [-0.1, -0.05) is 285 Å². The normalized spacial score (nSPS) is 13.4. The summed E-state index contributed by atoms with van der Waals surface area (Å²) in [4.78, 5) is 4.91. The second kappa shape index (κ2) is 22.6. The van der Waals surface area contributed by atoms with Crippen LogP contribution in [0.2, 0.25) is 0 Å². The van der Waals surface area contributed by atoms with Crippen molar-refractivity contribution in [3.63, 3.8) is 0 Å². The Labute approximate surface area is 547 Å². The Hall–Kier alpha value is -12.3. The van der Waals surface area contributed by atoms with E-state index in [2.05, 4.69) is 374 Å². The maximum atomic E-state index is 6.77. The van der Waals surface area contributed by atoms with E-state index >= 15 is 0 Å². The Balaban J connectivity index is 0.898. The highest BCUT2D eigenvalue weighted by molar-refractivity contribution is 6.10. The van der Waals surface area contributed by atoms with Crippen molar-refractivity contribution in [1.82, 2.24) is 0 Å². The topological polar surface area (TPSA) is 19.6 Å². The van der Waals surface area contributed by atoms with Crippen molar-refractivity contribution in [3.05, 3.63) is 386 Å². The van der Waals surface area contributed by atoms with Gasteiger partial charge < -0.3 is 14.2 Å². The molecule has 440 valence electrons. The van der Waals surface area contributed by atoms with Gasteiger partial charge in [0.2, 0.25) is 0 Å². The Morgan fingerprint density at radius 3 is 1.18 bits per heavy atom. The molecule has 18 rings (SSSR count). The maximum Gasteiger partial charge on any atom is 0.143 e. The van der Waals surface area contributed by atoms with Gasteiger partial charge in [0.15, 0.2) is 0 Å². The molecule has 2 aliphatic carbocycles. The maximum absolute atomic E-state index is 6.77. The zero-order valence-corrected chi connectivity index (χ0v) is 51.4. The molecule has 0 saturated heterocycles. The molecule has 15 aromatic carbocycles. The summed E-state index contributed by atoms with van der Waals surface area (Å²) >= 11 is 0. The van der Waals surface area contributed by atoms with Gasteiger partial charge in [0, 0.05) is 50.5 Å². The Morgan fingerprint density at radius 2 is 0.596 bits per heavy atom. The third kappa shape index (κ3) is 9.04. The summed E-state index contributed by atoms with van der Waals surface area (Å²) < 4.78 is 6.77. The lowest BCUT2D eigenvalue weighted by Crippen LogP contribution is -2.25. The fourth-order valence-electron chi connectivity index (χ4n) is 15.3. The predicted molar refractivity (Wildman–Crippen MR) is 392 cm³/mol. The zero-order valence-electron chi connectivity index (χ0n) is 51.4. The molecule has 94 heavy (non-hydrogen) atoms. The number of anilines is 6. The van der Waals surface area contributed by atoms with Gasteiger partial charge in [0.25, 0.3) is 0 Å². The molecule has 0 bridgehead atoms. The van der Waals surface area contributed by atoms with Crippen LogP contribution in [0.4, 0.5) is 34.1 Å². The molecule has 2 aliphatic rings. The van der Waals surface area contributed by atoms with E-state index in [1.54, 1.807) is 0 Å². The Morgan fingerprint density at radius 1 is 0.202 bits per heavy atom. The van der Waals surface area contributed by atoms with E-state index in [4.69, 9.17) is 4.42 Å². The van der Waals surface area contributed by atoms with Crippen LogP contribution >= 0.6 is 0 Å². The minimum Gasteiger partial charge on any atom is -0.455 e. The summed E-state index contributed by atoms with van der Waals surface area (Å²) in [6.45, 7) is 0. The van der Waals surface area contributed by atoms with Gasteiger partial charge in [0.05, 0.1) is 5.41 Å². The highest BCUT2D eigenvalue weighted by Crippen LogP contribution is 2.65. The molecular weight excluding hydrogens is 1140 g/mol. The summed E-state index contributed by atoms with van der Waals surface area (Å²) in [7, 11) is 0. The third-order valence-corrected chi connectivity index (χ3v) is 19.4. The lowest BCUT2D eigenvalue weighted by molar-refractivity contribution is 0.670. The summed E-state index contributed by atoms with van der Waals surface area (Å²) in [5.41, 5.74) is 31.0. The summed E-state index contributed by atoms with van der Waals surface area (Å²) in [5, 5.41) is 2.24. The van der Waals surface area contributed by atoms with E-state index < -0.39 is 5.41 Å². The van der Waals surface area contributed by atoms with Gasteiger partial charge in [-0.05, 0) is 185 Å². The molecule has 3 heteroatoms. The third-order valence-electron chi connectivity index (χ3n) is 19.4. The lowest BCUT2D eigenvalue weighted by Gasteiger charge is -2.32. The first-order chi connectivity index (χ1) is 46.6. The van der Waals surface area contributed by atoms with Gasteiger partial charge >= 0.3 is 0 Å². The summed E-state index contributed by atoms with van der Waals surface area (Å²) in [6, 6.07) is 134. The highest BCUT2D eigenvalue weighted by Gasteiger charge is 2.52. The van der Waals surface area contributed by atoms with Crippen molar-refractivity contribution in [1.29, 1.82) is 0 Å². The first kappa shape index (κ1) is 54.6. The molecule has 1 aromatic heterocycles. The fourth-order valence-corrected chi connectivity index (χ4v) is 15.3. The molecule has 0 fully saturated rings. The van der Waals surface area contributed by atoms with E-state index in [1.807, 2.05) is 0 Å². The van der Waals surface area contributed by atoms with Crippen molar-refractivity contribution in [3.8, 4) is 89.0 Å². The second-order valence-electron chi connectivity index (χ2n) is 24.7. The first-order valence-electron chi connectivity index (χ1n) is 32.4. The average molecular weight is 1200 g/mol. The molecule has 3 nitrogen and oxygen atoms in total. The van der Waals surface area contributed by atoms with Crippen LogP contribution in [0.15, 0.2) is 368 Å². The monoisotopic (exact) mass is 1200 g/mol. The van der Waals surface area contributed by atoms with E-state index in [0.717, 1.165) is 112 Å². The Kier molecular flexibility index (Phi) is 13.1. The van der Waals surface area contributed by atoms with Crippen molar-refractivity contribution >= 4 is 56.1 Å². The van der Waals surface area contributed by atoms with Crippen LogP contribution < -0.4 is 9.80 Å². The van der Waals surface area contributed by atoms with Crippen molar-refractivity contribution in [2.45, 2.75) is 5.41 Å². The number of fused-ring (bicyclic) bond motifs is 13. The number of nitrogens with zero attached hydrogens (tertiary/aromatic N) is 2. The van der Waals surface area contributed by atoms with E-state index in [0.29, 0.717) is 0 Å². The van der Waals surface area contributed by atoms with Gasteiger partial charge in [-0.3, -0.25) is 0 Å². The molecule has 0 saturated carbocycles. The van der Waals surface area contributed by atoms with Crippen LogP contribution in [0.5, 0.6) is 0 Å². The van der Waals surface area contributed by atoms with Gasteiger partial charge in [-0.15, -0.1) is 0 Å². The van der Waals surface area contributed by atoms with Gasteiger partial charge in [-0.25, -0.2) is 0 Å². The van der Waals surface area contributed by atoms with Crippen LogP contribution in [0.1, 0.15) is 22.3 Å². The van der Waals surface area contributed by atoms with Crippen molar-refractivity contribution in [2.75, 3.05) is 9.80 Å². The second-order valence-corrected chi connectivity index (χ2v) is 24.7. The number of furan rings is 1. The average Bonchev–Trinajstić information content (AvgIpc) is 1.50. The van der Waals surface area contributed by atoms with Crippen LogP contribution in [0.3, 0.4) is 0 Å². The molecule has 16 aromatic rings.